The summed E-state index contributed by atoms with van der Waals surface area (Å²) in [5.41, 5.74) is 6.04. The number of halogens is 3. The Balaban J connectivity index is 2.19. The highest BCUT2D eigenvalue weighted by atomic mass is 127. The molecule has 0 atom stereocenters. The van der Waals surface area contributed by atoms with Gasteiger partial charge in [-0.2, -0.15) is 8.78 Å². The zero-order valence-electron chi connectivity index (χ0n) is 11.4. The Morgan fingerprint density at radius 1 is 1.43 bits per heavy atom. The summed E-state index contributed by atoms with van der Waals surface area (Å²) < 4.78 is 27.3. The molecule has 0 spiro atoms. The molecule has 0 unspecified atom stereocenters. The average molecular weight is 410 g/mol. The van der Waals surface area contributed by atoms with Gasteiger partial charge in [0.1, 0.15) is 5.75 Å². The summed E-state index contributed by atoms with van der Waals surface area (Å²) in [5, 5.41) is 3.28. The van der Waals surface area contributed by atoms with Gasteiger partial charge in [0.25, 0.3) is 5.91 Å². The molecule has 7 heteroatoms. The Labute approximate surface area is 135 Å². The van der Waals surface area contributed by atoms with Crippen molar-refractivity contribution in [3.05, 3.63) is 29.3 Å². The van der Waals surface area contributed by atoms with Crippen LogP contribution in [0.1, 0.15) is 28.8 Å². The number of alkyl halides is 3. The average Bonchev–Trinajstić information content (AvgIpc) is 2.37. The standard InChI is InChI=1S/C14H17F2IN2O2/c15-14(16,17)21-12-8-10(1-2-11(12)13(18)20)7-9-3-5-19-6-4-9/h1-2,8-9,19H,3-7H2,(H2,18,20). The van der Waals surface area contributed by atoms with E-state index in [1.54, 1.807) is 6.07 Å². The largest absolute Gasteiger partial charge is 0.451 e. The van der Waals surface area contributed by atoms with Gasteiger partial charge in [-0.25, -0.2) is 0 Å². The Morgan fingerprint density at radius 3 is 2.67 bits per heavy atom. The molecule has 0 aromatic heterocycles. The number of nitrogens with two attached hydrogens (primary N) is 1. The summed E-state index contributed by atoms with van der Waals surface area (Å²) in [5.74, 6) is -0.425. The van der Waals surface area contributed by atoms with Crippen molar-refractivity contribution in [3.63, 3.8) is 0 Å². The number of carbonyl (C=O) groups is 1. The minimum absolute atomic E-state index is 0.0274. The first-order valence-electron chi connectivity index (χ1n) is 6.74. The van der Waals surface area contributed by atoms with Gasteiger partial charge < -0.3 is 15.8 Å². The van der Waals surface area contributed by atoms with Gasteiger partial charge in [-0.3, -0.25) is 4.79 Å². The third kappa shape index (κ3) is 5.06. The second-order valence-corrected chi connectivity index (χ2v) is 6.40. The smallest absolute Gasteiger partial charge is 0.424 e. The first-order valence-corrected chi connectivity index (χ1v) is 7.82. The van der Waals surface area contributed by atoms with Crippen LogP contribution in [0.5, 0.6) is 5.75 Å². The number of rotatable bonds is 5. The highest BCUT2D eigenvalue weighted by Gasteiger charge is 2.28. The summed E-state index contributed by atoms with van der Waals surface area (Å²) >= 11 is 0.871. The molecule has 4 nitrogen and oxygen atoms in total. The summed E-state index contributed by atoms with van der Waals surface area (Å²) in [4.78, 5) is 11.3. The van der Waals surface area contributed by atoms with E-state index >= 15 is 0 Å². The summed E-state index contributed by atoms with van der Waals surface area (Å²) in [6, 6.07) is 4.70. The van der Waals surface area contributed by atoms with Crippen LogP contribution in [0.4, 0.5) is 8.78 Å². The fourth-order valence-corrected chi connectivity index (χ4v) is 2.76. The molecule has 0 aliphatic carbocycles. The van der Waals surface area contributed by atoms with Crippen molar-refractivity contribution in [1.82, 2.24) is 5.32 Å². The monoisotopic (exact) mass is 410 g/mol. The molecular formula is C14H17F2IN2O2. The van der Waals surface area contributed by atoms with Crippen molar-refractivity contribution < 1.29 is 18.3 Å². The zero-order chi connectivity index (χ0) is 15.5. The lowest BCUT2D eigenvalue weighted by molar-refractivity contribution is -0.0694. The van der Waals surface area contributed by atoms with Crippen molar-refractivity contribution in [2.45, 2.75) is 23.4 Å². The number of hydrogen-bond acceptors (Lipinski definition) is 3. The van der Waals surface area contributed by atoms with Crippen LogP contribution in [-0.4, -0.2) is 23.1 Å². The van der Waals surface area contributed by atoms with Gasteiger partial charge in [0.2, 0.25) is 0 Å². The fraction of sp³-hybridized carbons (Fsp3) is 0.500. The van der Waals surface area contributed by atoms with E-state index in [1.807, 2.05) is 0 Å². The van der Waals surface area contributed by atoms with E-state index < -0.39 is 10.0 Å². The van der Waals surface area contributed by atoms with Crippen LogP contribution < -0.4 is 15.8 Å². The van der Waals surface area contributed by atoms with Gasteiger partial charge in [-0.05, 0) is 56.0 Å². The number of piperidine rings is 1. The van der Waals surface area contributed by atoms with Gasteiger partial charge in [0.15, 0.2) is 0 Å². The van der Waals surface area contributed by atoms with Crippen LogP contribution in [0.15, 0.2) is 18.2 Å². The molecule has 2 rings (SSSR count). The Bertz CT molecular complexity index is 514. The fourth-order valence-electron chi connectivity index (χ4n) is 2.53. The summed E-state index contributed by atoms with van der Waals surface area (Å²) in [6.45, 7) is 1.94. The number of carbonyl (C=O) groups excluding carboxylic acids is 1. The highest BCUT2D eigenvalue weighted by molar-refractivity contribution is 14.1. The topological polar surface area (TPSA) is 64.4 Å². The van der Waals surface area contributed by atoms with Crippen LogP contribution >= 0.6 is 22.6 Å². The maximum absolute atomic E-state index is 13.0. The van der Waals surface area contributed by atoms with Gasteiger partial charge in [0, 0.05) is 0 Å². The van der Waals surface area contributed by atoms with Crippen LogP contribution in [0.25, 0.3) is 0 Å². The van der Waals surface area contributed by atoms with E-state index in [4.69, 9.17) is 5.73 Å². The van der Waals surface area contributed by atoms with E-state index in [0.717, 1.165) is 60.5 Å². The van der Waals surface area contributed by atoms with Crippen LogP contribution in [-0.2, 0) is 6.42 Å². The predicted octanol–water partition coefficient (Wildman–Crippen LogP) is 2.69. The third-order valence-electron chi connectivity index (χ3n) is 3.52. The first kappa shape index (κ1) is 16.4. The molecule has 0 saturated carbocycles. The number of hydrogen-bond donors (Lipinski definition) is 2. The van der Waals surface area contributed by atoms with Gasteiger partial charge >= 0.3 is 4.12 Å². The van der Waals surface area contributed by atoms with Gasteiger partial charge in [0.05, 0.1) is 28.2 Å². The molecule has 1 fully saturated rings. The lowest BCUT2D eigenvalue weighted by Crippen LogP contribution is -2.28. The second kappa shape index (κ2) is 6.87. The number of benzene rings is 1. The third-order valence-corrected chi connectivity index (χ3v) is 3.74. The van der Waals surface area contributed by atoms with Crippen molar-refractivity contribution in [2.75, 3.05) is 13.1 Å². The quantitative estimate of drug-likeness (QED) is 0.580. The number of nitrogens with one attached hydrogen (secondary N) is 1. The Morgan fingerprint density at radius 2 is 2.10 bits per heavy atom. The molecule has 0 bridgehead atoms. The number of amides is 1. The van der Waals surface area contributed by atoms with Gasteiger partial charge in [-0.1, -0.05) is 6.07 Å². The van der Waals surface area contributed by atoms with Crippen molar-refractivity contribution in [3.8, 4) is 5.75 Å². The zero-order valence-corrected chi connectivity index (χ0v) is 13.5. The Hall–Kier alpha value is -0.960. The van der Waals surface area contributed by atoms with Gasteiger partial charge in [-0.15, -0.1) is 0 Å². The minimum Gasteiger partial charge on any atom is -0.424 e. The van der Waals surface area contributed by atoms with Crippen molar-refractivity contribution >= 4 is 28.5 Å². The molecule has 0 radical (unpaired) electrons. The molecule has 3 N–H and O–H groups in total. The summed E-state index contributed by atoms with van der Waals surface area (Å²) in [6.07, 6.45) is 2.89. The van der Waals surface area contributed by atoms with E-state index in [9.17, 15) is 13.6 Å². The molecule has 1 aliphatic heterocycles. The maximum atomic E-state index is 13.0. The highest BCUT2D eigenvalue weighted by Crippen LogP contribution is 2.31. The molecule has 1 amide bonds. The van der Waals surface area contributed by atoms with Crippen molar-refractivity contribution in [1.29, 1.82) is 0 Å². The lowest BCUT2D eigenvalue weighted by atomic mass is 9.90. The van der Waals surface area contributed by atoms with Crippen LogP contribution in [0.3, 0.4) is 0 Å². The number of ether oxygens (including phenoxy) is 1. The molecule has 1 aromatic carbocycles. The lowest BCUT2D eigenvalue weighted by Gasteiger charge is -2.23. The maximum Gasteiger partial charge on any atom is 0.451 e. The van der Waals surface area contributed by atoms with E-state index in [-0.39, 0.29) is 11.3 Å². The van der Waals surface area contributed by atoms with E-state index in [2.05, 4.69) is 10.1 Å². The molecule has 1 aliphatic rings. The SMILES string of the molecule is NC(=O)c1ccc(CC2CCNCC2)cc1OC(F)(F)I. The molecule has 1 saturated heterocycles. The van der Waals surface area contributed by atoms with Crippen LogP contribution in [0.2, 0.25) is 0 Å². The molecular weight excluding hydrogens is 393 g/mol. The Kier molecular flexibility index (Phi) is 5.37. The van der Waals surface area contributed by atoms with Crippen LogP contribution in [0, 0.1) is 5.92 Å². The second-order valence-electron chi connectivity index (χ2n) is 5.14. The first-order chi connectivity index (χ1) is 9.85. The predicted molar refractivity (Wildman–Crippen MR) is 83.9 cm³/mol. The normalized spacial score (nSPS) is 16.7. The van der Waals surface area contributed by atoms with E-state index in [1.165, 1.54) is 12.1 Å². The molecule has 1 heterocycles. The van der Waals surface area contributed by atoms with E-state index in [0.29, 0.717) is 5.92 Å². The molecule has 21 heavy (non-hydrogen) atoms. The number of primary amides is 1. The van der Waals surface area contributed by atoms with Crippen molar-refractivity contribution in [2.24, 2.45) is 11.7 Å². The minimum atomic E-state index is -3.38. The molecule has 1 aromatic rings. The molecule has 116 valence electrons. The summed E-state index contributed by atoms with van der Waals surface area (Å²) in [7, 11) is 0.